The normalized spacial score (nSPS) is 19.7. The Morgan fingerprint density at radius 1 is 1.60 bits per heavy atom. The minimum atomic E-state index is -0.502. The summed E-state index contributed by atoms with van der Waals surface area (Å²) in [6.07, 6.45) is 4.21. The lowest BCUT2D eigenvalue weighted by Crippen LogP contribution is -2.45. The number of methoxy groups -OCH3 is 1. The van der Waals surface area contributed by atoms with Crippen LogP contribution in [0.15, 0.2) is 0 Å². The molecule has 0 aliphatic heterocycles. The number of hydrogen-bond donors (Lipinski definition) is 2. The molecule has 4 heteroatoms. The van der Waals surface area contributed by atoms with Gasteiger partial charge in [0.1, 0.15) is 6.10 Å². The van der Waals surface area contributed by atoms with E-state index in [0.717, 1.165) is 18.8 Å². The molecule has 2 atom stereocenters. The maximum absolute atomic E-state index is 11.7. The van der Waals surface area contributed by atoms with Gasteiger partial charge in [0.15, 0.2) is 0 Å². The third-order valence-electron chi connectivity index (χ3n) is 2.94. The fraction of sp³-hybridized carbons (Fsp3) is 0.909. The molecule has 2 unspecified atom stereocenters. The Balaban J connectivity index is 2.31. The van der Waals surface area contributed by atoms with E-state index >= 15 is 0 Å². The third-order valence-corrected chi connectivity index (χ3v) is 2.94. The van der Waals surface area contributed by atoms with Gasteiger partial charge in [-0.25, -0.2) is 0 Å². The molecule has 0 saturated heterocycles. The summed E-state index contributed by atoms with van der Waals surface area (Å²) in [5.74, 6) is 0.752. The third kappa shape index (κ3) is 4.18. The fourth-order valence-electron chi connectivity index (χ4n) is 1.69. The Morgan fingerprint density at radius 2 is 2.27 bits per heavy atom. The summed E-state index contributed by atoms with van der Waals surface area (Å²) < 4.78 is 4.99. The summed E-state index contributed by atoms with van der Waals surface area (Å²) in [5.41, 5.74) is 5.43. The zero-order valence-corrected chi connectivity index (χ0v) is 9.66. The van der Waals surface area contributed by atoms with Crippen LogP contribution >= 0.6 is 0 Å². The molecule has 1 aliphatic carbocycles. The molecule has 15 heavy (non-hydrogen) atoms. The van der Waals surface area contributed by atoms with E-state index in [9.17, 15) is 4.79 Å². The van der Waals surface area contributed by atoms with Crippen molar-refractivity contribution in [2.24, 2.45) is 11.7 Å². The zero-order valence-electron chi connectivity index (χ0n) is 9.66. The molecule has 0 radical (unpaired) electrons. The van der Waals surface area contributed by atoms with Gasteiger partial charge in [-0.1, -0.05) is 19.8 Å². The lowest BCUT2D eigenvalue weighted by molar-refractivity contribution is -0.131. The van der Waals surface area contributed by atoms with Gasteiger partial charge in [-0.15, -0.1) is 0 Å². The first-order chi connectivity index (χ1) is 7.21. The first kappa shape index (κ1) is 12.5. The van der Waals surface area contributed by atoms with E-state index in [-0.39, 0.29) is 18.5 Å². The van der Waals surface area contributed by atoms with Crippen molar-refractivity contribution in [2.75, 3.05) is 13.7 Å². The average Bonchev–Trinajstić information content (AvgIpc) is 3.02. The number of carbonyl (C=O) groups excluding carboxylic acids is 1. The SMILES string of the molecule is CCC(CC1CC1)NC(=O)C(CN)OC. The average molecular weight is 214 g/mol. The molecule has 0 aromatic carbocycles. The topological polar surface area (TPSA) is 64.4 Å². The first-order valence-corrected chi connectivity index (χ1v) is 5.74. The van der Waals surface area contributed by atoms with E-state index in [4.69, 9.17) is 10.5 Å². The van der Waals surface area contributed by atoms with E-state index in [1.165, 1.54) is 20.0 Å². The number of ether oxygens (including phenoxy) is 1. The molecule has 88 valence electrons. The Hall–Kier alpha value is -0.610. The molecule has 1 saturated carbocycles. The molecular formula is C11H22N2O2. The molecule has 1 fully saturated rings. The second-order valence-corrected chi connectivity index (χ2v) is 4.25. The lowest BCUT2D eigenvalue weighted by atomic mass is 10.1. The van der Waals surface area contributed by atoms with E-state index < -0.39 is 6.10 Å². The number of rotatable bonds is 7. The quantitative estimate of drug-likeness (QED) is 0.654. The van der Waals surface area contributed by atoms with Crippen LogP contribution in [0.5, 0.6) is 0 Å². The van der Waals surface area contributed by atoms with Gasteiger partial charge in [0.05, 0.1) is 0 Å². The van der Waals surface area contributed by atoms with Crippen LogP contribution in [-0.4, -0.2) is 31.7 Å². The van der Waals surface area contributed by atoms with Gasteiger partial charge in [0, 0.05) is 19.7 Å². The van der Waals surface area contributed by atoms with Gasteiger partial charge >= 0.3 is 0 Å². The Bertz CT molecular complexity index is 201. The van der Waals surface area contributed by atoms with E-state index in [1.807, 2.05) is 0 Å². The summed E-state index contributed by atoms with van der Waals surface area (Å²) in [6, 6.07) is 0.286. The van der Waals surface area contributed by atoms with E-state index in [2.05, 4.69) is 12.2 Å². The molecule has 0 spiro atoms. The highest BCUT2D eigenvalue weighted by Gasteiger charge is 2.26. The number of nitrogens with one attached hydrogen (secondary N) is 1. The zero-order chi connectivity index (χ0) is 11.3. The molecule has 0 bridgehead atoms. The van der Waals surface area contributed by atoms with Gasteiger partial charge in [0.2, 0.25) is 0 Å². The second-order valence-electron chi connectivity index (χ2n) is 4.25. The molecule has 0 aromatic heterocycles. The largest absolute Gasteiger partial charge is 0.370 e. The minimum Gasteiger partial charge on any atom is -0.370 e. The molecule has 1 amide bonds. The van der Waals surface area contributed by atoms with Crippen molar-refractivity contribution < 1.29 is 9.53 Å². The number of nitrogens with two attached hydrogens (primary N) is 1. The highest BCUT2D eigenvalue weighted by Crippen LogP contribution is 2.33. The van der Waals surface area contributed by atoms with Crippen LogP contribution in [-0.2, 0) is 9.53 Å². The monoisotopic (exact) mass is 214 g/mol. The predicted octanol–water partition coefficient (Wildman–Crippen LogP) is 0.655. The highest BCUT2D eigenvalue weighted by atomic mass is 16.5. The van der Waals surface area contributed by atoms with Crippen LogP contribution in [0.1, 0.15) is 32.6 Å². The minimum absolute atomic E-state index is 0.0764. The summed E-state index contributed by atoms with van der Waals surface area (Å²) in [7, 11) is 1.51. The standard InChI is InChI=1S/C11H22N2O2/c1-3-9(6-8-4-5-8)13-11(14)10(7-12)15-2/h8-10H,3-7,12H2,1-2H3,(H,13,14). The molecule has 4 nitrogen and oxygen atoms in total. The van der Waals surface area contributed by atoms with Gasteiger partial charge in [-0.3, -0.25) is 4.79 Å². The van der Waals surface area contributed by atoms with Gasteiger partial charge in [-0.2, -0.15) is 0 Å². The van der Waals surface area contributed by atoms with Gasteiger partial charge in [0.25, 0.3) is 5.91 Å². The van der Waals surface area contributed by atoms with Crippen LogP contribution in [0.3, 0.4) is 0 Å². The van der Waals surface area contributed by atoms with Crippen molar-refractivity contribution in [3.63, 3.8) is 0 Å². The summed E-state index contributed by atoms with van der Waals surface area (Å²) in [4.78, 5) is 11.7. The number of hydrogen-bond acceptors (Lipinski definition) is 3. The van der Waals surface area contributed by atoms with Gasteiger partial charge < -0.3 is 15.8 Å². The molecule has 1 rings (SSSR count). The van der Waals surface area contributed by atoms with Crippen molar-refractivity contribution in [2.45, 2.75) is 44.8 Å². The Kier molecular flexibility index (Phi) is 5.05. The Labute approximate surface area is 91.5 Å². The summed E-state index contributed by atoms with van der Waals surface area (Å²) in [5, 5.41) is 3.00. The fourth-order valence-corrected chi connectivity index (χ4v) is 1.69. The molecule has 1 aliphatic rings. The van der Waals surface area contributed by atoms with E-state index in [1.54, 1.807) is 0 Å². The van der Waals surface area contributed by atoms with Crippen molar-refractivity contribution >= 4 is 5.91 Å². The second kappa shape index (κ2) is 6.08. The Morgan fingerprint density at radius 3 is 2.67 bits per heavy atom. The lowest BCUT2D eigenvalue weighted by Gasteiger charge is -2.20. The van der Waals surface area contributed by atoms with Crippen LogP contribution < -0.4 is 11.1 Å². The predicted molar refractivity (Wildman–Crippen MR) is 59.4 cm³/mol. The van der Waals surface area contributed by atoms with Crippen molar-refractivity contribution in [1.82, 2.24) is 5.32 Å². The summed E-state index contributed by atoms with van der Waals surface area (Å²) >= 11 is 0. The van der Waals surface area contributed by atoms with Crippen LogP contribution in [0.4, 0.5) is 0 Å². The highest BCUT2D eigenvalue weighted by molar-refractivity contribution is 5.81. The molecular weight excluding hydrogens is 192 g/mol. The number of amides is 1. The van der Waals surface area contributed by atoms with Crippen LogP contribution in [0.2, 0.25) is 0 Å². The molecule has 3 N–H and O–H groups in total. The van der Waals surface area contributed by atoms with Crippen LogP contribution in [0, 0.1) is 5.92 Å². The van der Waals surface area contributed by atoms with Crippen molar-refractivity contribution in [1.29, 1.82) is 0 Å². The maximum Gasteiger partial charge on any atom is 0.250 e. The summed E-state index contributed by atoms with van der Waals surface area (Å²) in [6.45, 7) is 2.33. The number of carbonyl (C=O) groups is 1. The van der Waals surface area contributed by atoms with Crippen molar-refractivity contribution in [3.05, 3.63) is 0 Å². The first-order valence-electron chi connectivity index (χ1n) is 5.74. The van der Waals surface area contributed by atoms with Crippen LogP contribution in [0.25, 0.3) is 0 Å². The molecule has 0 aromatic rings. The van der Waals surface area contributed by atoms with Gasteiger partial charge in [-0.05, 0) is 18.8 Å². The maximum atomic E-state index is 11.7. The van der Waals surface area contributed by atoms with Crippen molar-refractivity contribution in [3.8, 4) is 0 Å². The smallest absolute Gasteiger partial charge is 0.250 e. The molecule has 0 heterocycles. The van der Waals surface area contributed by atoms with E-state index in [0.29, 0.717) is 0 Å².